The molecule has 1 saturated carbocycles. The Morgan fingerprint density at radius 2 is 2.33 bits per heavy atom. The predicted molar refractivity (Wildman–Crippen MR) is 65.0 cm³/mol. The smallest absolute Gasteiger partial charge is 0.0635 e. The first-order valence-electron chi connectivity index (χ1n) is 5.63. The van der Waals surface area contributed by atoms with Crippen molar-refractivity contribution < 1.29 is 0 Å². The molecule has 0 radical (unpaired) electrons. The number of halogens is 1. The van der Waals surface area contributed by atoms with Crippen molar-refractivity contribution in [2.75, 3.05) is 6.54 Å². The first-order valence-corrected chi connectivity index (χ1v) is 6.43. The molecule has 1 N–H and O–H groups in total. The Morgan fingerprint density at radius 1 is 1.60 bits per heavy atom. The van der Waals surface area contributed by atoms with Crippen molar-refractivity contribution in [3.8, 4) is 0 Å². The van der Waals surface area contributed by atoms with E-state index >= 15 is 0 Å². The van der Waals surface area contributed by atoms with Crippen LogP contribution in [-0.2, 0) is 6.42 Å². The second-order valence-electron chi connectivity index (χ2n) is 4.46. The number of rotatable bonds is 5. The van der Waals surface area contributed by atoms with Crippen LogP contribution in [0, 0.1) is 0 Å². The van der Waals surface area contributed by atoms with E-state index in [4.69, 9.17) is 0 Å². The van der Waals surface area contributed by atoms with Crippen LogP contribution < -0.4 is 5.32 Å². The van der Waals surface area contributed by atoms with Gasteiger partial charge in [0, 0.05) is 25.0 Å². The maximum Gasteiger partial charge on any atom is 0.0635 e. The Balaban J connectivity index is 1.94. The third kappa shape index (κ3) is 2.82. The normalized spacial score (nSPS) is 16.3. The largest absolute Gasteiger partial charge is 0.314 e. The summed E-state index contributed by atoms with van der Waals surface area (Å²) in [5, 5.41) is 7.90. The summed E-state index contributed by atoms with van der Waals surface area (Å²) in [5.74, 6) is 0. The molecule has 0 spiro atoms. The molecule has 3 nitrogen and oxygen atoms in total. The van der Waals surface area contributed by atoms with E-state index in [1.165, 1.54) is 18.5 Å². The lowest BCUT2D eigenvalue weighted by Crippen LogP contribution is -2.21. The van der Waals surface area contributed by atoms with E-state index < -0.39 is 0 Å². The molecule has 0 unspecified atom stereocenters. The summed E-state index contributed by atoms with van der Waals surface area (Å²) in [6, 6.07) is 1.23. The molecule has 1 aliphatic carbocycles. The lowest BCUT2D eigenvalue weighted by atomic mass is 10.3. The maximum atomic E-state index is 4.37. The molecule has 15 heavy (non-hydrogen) atoms. The molecule has 0 atom stereocenters. The molecule has 1 fully saturated rings. The van der Waals surface area contributed by atoms with Crippen LogP contribution in [0.1, 0.15) is 38.4 Å². The molecule has 0 bridgehead atoms. The van der Waals surface area contributed by atoms with Crippen LogP contribution in [0.25, 0.3) is 0 Å². The van der Waals surface area contributed by atoms with E-state index in [1.54, 1.807) is 0 Å². The molecule has 1 heterocycles. The van der Waals surface area contributed by atoms with Crippen molar-refractivity contribution in [3.63, 3.8) is 0 Å². The van der Waals surface area contributed by atoms with Crippen molar-refractivity contribution in [3.05, 3.63) is 16.4 Å². The van der Waals surface area contributed by atoms with Gasteiger partial charge in [-0.15, -0.1) is 0 Å². The molecule has 1 aliphatic rings. The fraction of sp³-hybridized carbons (Fsp3) is 0.727. The molecular weight excluding hydrogens is 254 g/mol. The number of aromatic nitrogens is 2. The quantitative estimate of drug-likeness (QED) is 0.892. The molecule has 0 aliphatic heterocycles. The van der Waals surface area contributed by atoms with Gasteiger partial charge in [0.1, 0.15) is 0 Å². The van der Waals surface area contributed by atoms with E-state index in [-0.39, 0.29) is 0 Å². The highest BCUT2D eigenvalue weighted by molar-refractivity contribution is 9.10. The van der Waals surface area contributed by atoms with E-state index in [0.29, 0.717) is 6.04 Å². The molecule has 0 aromatic carbocycles. The van der Waals surface area contributed by atoms with Crippen LogP contribution in [0.2, 0.25) is 0 Å². The van der Waals surface area contributed by atoms with Gasteiger partial charge in [0.05, 0.1) is 16.4 Å². The van der Waals surface area contributed by atoms with Gasteiger partial charge in [-0.1, -0.05) is 0 Å². The third-order valence-corrected chi connectivity index (χ3v) is 3.37. The lowest BCUT2D eigenvalue weighted by Gasteiger charge is -2.11. The summed E-state index contributed by atoms with van der Waals surface area (Å²) >= 11 is 3.56. The van der Waals surface area contributed by atoms with Gasteiger partial charge in [-0.3, -0.25) is 4.68 Å². The van der Waals surface area contributed by atoms with Gasteiger partial charge < -0.3 is 5.32 Å². The number of nitrogens with one attached hydrogen (secondary N) is 1. The minimum absolute atomic E-state index is 0.437. The Hall–Kier alpha value is -0.350. The van der Waals surface area contributed by atoms with Crippen molar-refractivity contribution >= 4 is 15.9 Å². The molecule has 1 aromatic rings. The minimum atomic E-state index is 0.437. The molecule has 1 aromatic heterocycles. The molecule has 84 valence electrons. The minimum Gasteiger partial charge on any atom is -0.314 e. The highest BCUT2D eigenvalue weighted by Gasteiger charge is 2.20. The Bertz CT molecular complexity index is 329. The van der Waals surface area contributed by atoms with Gasteiger partial charge in [-0.05, 0) is 42.6 Å². The number of nitrogens with zero attached hydrogens (tertiary/aromatic N) is 2. The lowest BCUT2D eigenvalue weighted by molar-refractivity contribution is 0.503. The topological polar surface area (TPSA) is 29.9 Å². The number of hydrogen-bond donors (Lipinski definition) is 1. The van der Waals surface area contributed by atoms with Gasteiger partial charge in [0.2, 0.25) is 0 Å². The first-order chi connectivity index (χ1) is 7.18. The Morgan fingerprint density at radius 3 is 2.93 bits per heavy atom. The average molecular weight is 272 g/mol. The van der Waals surface area contributed by atoms with Crippen LogP contribution in [0.15, 0.2) is 10.7 Å². The SMILES string of the molecule is CC(C)n1ncc(Br)c1CCNC1CC1. The van der Waals surface area contributed by atoms with Crippen molar-refractivity contribution in [2.24, 2.45) is 0 Å². The maximum absolute atomic E-state index is 4.37. The molecule has 2 rings (SSSR count). The summed E-state index contributed by atoms with van der Waals surface area (Å²) in [6.45, 7) is 5.39. The monoisotopic (exact) mass is 271 g/mol. The highest BCUT2D eigenvalue weighted by atomic mass is 79.9. The van der Waals surface area contributed by atoms with Crippen molar-refractivity contribution in [1.29, 1.82) is 0 Å². The zero-order valence-electron chi connectivity index (χ0n) is 9.33. The fourth-order valence-corrected chi connectivity index (χ4v) is 2.20. The van der Waals surface area contributed by atoms with Crippen LogP contribution >= 0.6 is 15.9 Å². The van der Waals surface area contributed by atoms with Gasteiger partial charge in [-0.25, -0.2) is 0 Å². The first kappa shape index (κ1) is 11.1. The van der Waals surface area contributed by atoms with Crippen LogP contribution in [0.3, 0.4) is 0 Å². The molecule has 0 saturated heterocycles. The second-order valence-corrected chi connectivity index (χ2v) is 5.31. The third-order valence-electron chi connectivity index (χ3n) is 2.71. The summed E-state index contributed by atoms with van der Waals surface area (Å²) in [4.78, 5) is 0. The Kier molecular flexibility index (Phi) is 3.46. The van der Waals surface area contributed by atoms with Gasteiger partial charge in [0.15, 0.2) is 0 Å². The number of hydrogen-bond acceptors (Lipinski definition) is 2. The standard InChI is InChI=1S/C11H18BrN3/c1-8(2)15-11(10(12)7-14-15)5-6-13-9-3-4-9/h7-9,13H,3-6H2,1-2H3. The van der Waals surface area contributed by atoms with Crippen LogP contribution in [0.4, 0.5) is 0 Å². The van der Waals surface area contributed by atoms with Gasteiger partial charge in [-0.2, -0.15) is 5.10 Å². The van der Waals surface area contributed by atoms with Gasteiger partial charge in [0.25, 0.3) is 0 Å². The zero-order valence-corrected chi connectivity index (χ0v) is 10.9. The highest BCUT2D eigenvalue weighted by Crippen LogP contribution is 2.21. The van der Waals surface area contributed by atoms with E-state index in [0.717, 1.165) is 23.5 Å². The van der Waals surface area contributed by atoms with Crippen molar-refractivity contribution in [2.45, 2.75) is 45.2 Å². The summed E-state index contributed by atoms with van der Waals surface area (Å²) in [7, 11) is 0. The molecule has 4 heteroatoms. The van der Waals surface area contributed by atoms with Gasteiger partial charge >= 0.3 is 0 Å². The van der Waals surface area contributed by atoms with E-state index in [1.807, 2.05) is 6.20 Å². The van der Waals surface area contributed by atoms with Crippen LogP contribution in [0.5, 0.6) is 0 Å². The average Bonchev–Trinajstić information content (AvgIpc) is 2.92. The summed E-state index contributed by atoms with van der Waals surface area (Å²) in [5.41, 5.74) is 1.30. The molecular formula is C11H18BrN3. The van der Waals surface area contributed by atoms with Crippen molar-refractivity contribution in [1.82, 2.24) is 15.1 Å². The predicted octanol–water partition coefficient (Wildman–Crippen LogP) is 2.52. The van der Waals surface area contributed by atoms with E-state index in [9.17, 15) is 0 Å². The van der Waals surface area contributed by atoms with Crippen LogP contribution in [-0.4, -0.2) is 22.4 Å². The summed E-state index contributed by atoms with van der Waals surface area (Å²) in [6.07, 6.45) is 5.65. The molecule has 0 amide bonds. The fourth-order valence-electron chi connectivity index (χ4n) is 1.73. The summed E-state index contributed by atoms with van der Waals surface area (Å²) < 4.78 is 3.23. The second kappa shape index (κ2) is 4.66. The van der Waals surface area contributed by atoms with E-state index in [2.05, 4.69) is 44.9 Å². The Labute approximate surface area is 99.4 Å². The zero-order chi connectivity index (χ0) is 10.8.